The van der Waals surface area contributed by atoms with Crippen LogP contribution in [0.3, 0.4) is 0 Å². The summed E-state index contributed by atoms with van der Waals surface area (Å²) in [6.07, 6.45) is 4.17. The predicted molar refractivity (Wildman–Crippen MR) is 72.8 cm³/mol. The van der Waals surface area contributed by atoms with E-state index in [1.54, 1.807) is 6.20 Å². The lowest BCUT2D eigenvalue weighted by molar-refractivity contribution is 0.976. The molecule has 3 nitrogen and oxygen atoms in total. The molecule has 0 aromatic carbocycles. The quantitative estimate of drug-likeness (QED) is 0.603. The number of aromatic nitrogens is 3. The molecule has 1 aliphatic carbocycles. The maximum atomic E-state index is 6.13. The second kappa shape index (κ2) is 4.19. The van der Waals surface area contributed by atoms with E-state index >= 15 is 0 Å². The van der Waals surface area contributed by atoms with Crippen molar-refractivity contribution in [3.8, 4) is 10.8 Å². The Morgan fingerprint density at radius 3 is 2.81 bits per heavy atom. The Labute approximate surface area is 115 Å². The van der Waals surface area contributed by atoms with E-state index in [9.17, 15) is 0 Å². The van der Waals surface area contributed by atoms with Gasteiger partial charge >= 0.3 is 0 Å². The summed E-state index contributed by atoms with van der Waals surface area (Å²) in [5.74, 6) is 1.23. The normalized spacial score (nSPS) is 15.4. The Balaban J connectivity index is 2.13. The average molecular weight is 364 g/mol. The molecule has 16 heavy (non-hydrogen) atoms. The van der Waals surface area contributed by atoms with Gasteiger partial charge in [0.1, 0.15) is 5.15 Å². The summed E-state index contributed by atoms with van der Waals surface area (Å²) < 4.78 is 0.988. The van der Waals surface area contributed by atoms with Gasteiger partial charge in [-0.05, 0) is 35.4 Å². The summed E-state index contributed by atoms with van der Waals surface area (Å²) in [6.45, 7) is 0. The van der Waals surface area contributed by atoms with Crippen LogP contribution in [0.2, 0.25) is 5.15 Å². The zero-order valence-electron chi connectivity index (χ0n) is 8.15. The molecule has 0 atom stereocenters. The predicted octanol–water partition coefficient (Wildman–Crippen LogP) is 3.74. The average Bonchev–Trinajstić information content (AvgIpc) is 2.96. The van der Waals surface area contributed by atoms with Gasteiger partial charge in [-0.3, -0.25) is 0 Å². The summed E-state index contributed by atoms with van der Waals surface area (Å²) in [5, 5.41) is 3.30. The zero-order chi connectivity index (χ0) is 11.1. The van der Waals surface area contributed by atoms with Crippen LogP contribution in [0.5, 0.6) is 0 Å². The number of halogens is 2. The fraction of sp³-hybridized carbons (Fsp3) is 0.300. The molecule has 0 spiro atoms. The fourth-order valence-electron chi connectivity index (χ4n) is 1.49. The molecule has 0 amide bonds. The Morgan fingerprint density at radius 2 is 2.19 bits per heavy atom. The number of nitrogens with zero attached hydrogens (tertiary/aromatic N) is 3. The number of rotatable bonds is 2. The topological polar surface area (TPSA) is 38.7 Å². The van der Waals surface area contributed by atoms with Crippen molar-refractivity contribution < 1.29 is 0 Å². The van der Waals surface area contributed by atoms with Gasteiger partial charge in [0.2, 0.25) is 0 Å². The van der Waals surface area contributed by atoms with Gasteiger partial charge in [0.25, 0.3) is 0 Å². The third-order valence-corrected chi connectivity index (χ3v) is 4.85. The van der Waals surface area contributed by atoms with E-state index in [-0.39, 0.29) is 0 Å². The zero-order valence-corrected chi connectivity index (χ0v) is 11.9. The summed E-state index contributed by atoms with van der Waals surface area (Å²) in [7, 11) is 0. The molecule has 2 heterocycles. The van der Waals surface area contributed by atoms with Crippen molar-refractivity contribution in [2.24, 2.45) is 0 Å². The standard InChI is InChI=1S/C10H7ClIN3S/c11-8-6(12)7(5-1-2-5)14-9(15-8)10-13-3-4-16-10/h3-5H,1-2H2. The third kappa shape index (κ3) is 1.96. The summed E-state index contributed by atoms with van der Waals surface area (Å²) in [5.41, 5.74) is 1.09. The van der Waals surface area contributed by atoms with E-state index in [0.29, 0.717) is 16.9 Å². The van der Waals surface area contributed by atoms with Crippen LogP contribution < -0.4 is 0 Å². The molecule has 2 aromatic rings. The molecule has 82 valence electrons. The second-order valence-electron chi connectivity index (χ2n) is 3.65. The minimum atomic E-state index is 0.544. The summed E-state index contributed by atoms with van der Waals surface area (Å²) in [4.78, 5) is 13.1. The highest BCUT2D eigenvalue weighted by atomic mass is 127. The van der Waals surface area contributed by atoms with Crippen LogP contribution in [0.25, 0.3) is 10.8 Å². The smallest absolute Gasteiger partial charge is 0.190 e. The molecular weight excluding hydrogens is 357 g/mol. The molecule has 0 bridgehead atoms. The van der Waals surface area contributed by atoms with Gasteiger partial charge in [-0.15, -0.1) is 11.3 Å². The van der Waals surface area contributed by atoms with Gasteiger partial charge in [-0.1, -0.05) is 11.6 Å². The van der Waals surface area contributed by atoms with Crippen LogP contribution >= 0.6 is 45.5 Å². The minimum absolute atomic E-state index is 0.544. The molecule has 0 saturated heterocycles. The molecule has 0 unspecified atom stereocenters. The first-order valence-corrected chi connectivity index (χ1v) is 7.22. The lowest BCUT2D eigenvalue weighted by Crippen LogP contribution is -1.99. The van der Waals surface area contributed by atoms with Crippen molar-refractivity contribution in [1.82, 2.24) is 15.0 Å². The van der Waals surface area contributed by atoms with Crippen LogP contribution in [-0.2, 0) is 0 Å². The van der Waals surface area contributed by atoms with E-state index in [1.807, 2.05) is 5.38 Å². The first kappa shape index (κ1) is 10.9. The summed E-state index contributed by atoms with van der Waals surface area (Å²) in [6, 6.07) is 0. The molecule has 1 fully saturated rings. The van der Waals surface area contributed by atoms with Crippen molar-refractivity contribution in [2.75, 3.05) is 0 Å². The second-order valence-corrected chi connectivity index (χ2v) is 5.98. The van der Waals surface area contributed by atoms with Gasteiger partial charge in [0.15, 0.2) is 10.8 Å². The van der Waals surface area contributed by atoms with E-state index < -0.39 is 0 Å². The highest BCUT2D eigenvalue weighted by molar-refractivity contribution is 14.1. The van der Waals surface area contributed by atoms with Crippen LogP contribution in [0.1, 0.15) is 24.5 Å². The fourth-order valence-corrected chi connectivity index (χ4v) is 2.92. The lowest BCUT2D eigenvalue weighted by Gasteiger charge is -2.05. The maximum Gasteiger partial charge on any atom is 0.190 e. The van der Waals surface area contributed by atoms with E-state index in [1.165, 1.54) is 24.2 Å². The molecule has 0 N–H and O–H groups in total. The Hall–Kier alpha value is -0.270. The van der Waals surface area contributed by atoms with Gasteiger partial charge in [0, 0.05) is 17.5 Å². The SMILES string of the molecule is Clc1nc(-c2nccs2)nc(C2CC2)c1I. The molecule has 1 saturated carbocycles. The van der Waals surface area contributed by atoms with Gasteiger partial charge in [0.05, 0.1) is 9.26 Å². The molecule has 0 radical (unpaired) electrons. The van der Waals surface area contributed by atoms with Crippen LogP contribution in [0.4, 0.5) is 0 Å². The maximum absolute atomic E-state index is 6.13. The molecule has 0 aliphatic heterocycles. The van der Waals surface area contributed by atoms with Crippen LogP contribution in [-0.4, -0.2) is 15.0 Å². The van der Waals surface area contributed by atoms with E-state index in [0.717, 1.165) is 14.3 Å². The first-order chi connectivity index (χ1) is 7.75. The summed E-state index contributed by atoms with van der Waals surface area (Å²) >= 11 is 9.88. The highest BCUT2D eigenvalue weighted by Gasteiger charge is 2.29. The Bertz CT molecular complexity index is 525. The van der Waals surface area contributed by atoms with E-state index in [2.05, 4.69) is 37.5 Å². The number of thiazole rings is 1. The first-order valence-electron chi connectivity index (χ1n) is 4.88. The van der Waals surface area contributed by atoms with Crippen molar-refractivity contribution in [3.63, 3.8) is 0 Å². The van der Waals surface area contributed by atoms with Gasteiger partial charge < -0.3 is 0 Å². The number of hydrogen-bond donors (Lipinski definition) is 0. The highest BCUT2D eigenvalue weighted by Crippen LogP contribution is 2.42. The monoisotopic (exact) mass is 363 g/mol. The Morgan fingerprint density at radius 1 is 1.38 bits per heavy atom. The molecule has 6 heteroatoms. The van der Waals surface area contributed by atoms with Crippen molar-refractivity contribution >= 4 is 45.5 Å². The molecule has 3 rings (SSSR count). The largest absolute Gasteiger partial charge is 0.241 e. The van der Waals surface area contributed by atoms with Crippen LogP contribution in [0, 0.1) is 3.57 Å². The third-order valence-electron chi connectivity index (χ3n) is 2.42. The van der Waals surface area contributed by atoms with Crippen molar-refractivity contribution in [2.45, 2.75) is 18.8 Å². The molecule has 2 aromatic heterocycles. The van der Waals surface area contributed by atoms with Gasteiger partial charge in [-0.2, -0.15) is 0 Å². The molecular formula is C10H7ClIN3S. The van der Waals surface area contributed by atoms with Crippen molar-refractivity contribution in [3.05, 3.63) is 26.0 Å². The lowest BCUT2D eigenvalue weighted by atomic mass is 10.3. The van der Waals surface area contributed by atoms with Crippen molar-refractivity contribution in [1.29, 1.82) is 0 Å². The Kier molecular flexibility index (Phi) is 2.85. The number of hydrogen-bond acceptors (Lipinski definition) is 4. The molecule has 1 aliphatic rings. The minimum Gasteiger partial charge on any atom is -0.241 e. The van der Waals surface area contributed by atoms with E-state index in [4.69, 9.17) is 11.6 Å². The van der Waals surface area contributed by atoms with Gasteiger partial charge in [-0.25, -0.2) is 15.0 Å². The van der Waals surface area contributed by atoms with Crippen LogP contribution in [0.15, 0.2) is 11.6 Å².